The molecule has 3 aliphatic rings. The first-order valence-electron chi connectivity index (χ1n) is 12.3. The maximum absolute atomic E-state index is 14.3. The number of alkyl halides is 1. The Morgan fingerprint density at radius 2 is 1.92 bits per heavy atom. The van der Waals surface area contributed by atoms with Gasteiger partial charge in [0.15, 0.2) is 0 Å². The monoisotopic (exact) mass is 575 g/mol. The number of rotatable bonds is 10. The second-order valence-corrected chi connectivity index (χ2v) is 12.7. The molecule has 1 aromatic rings. The molecule has 3 fully saturated rings. The SMILES string of the molecule is C=CCN(C)C(=O)[C@H]1[C@H]2C(=O)N([C@H](C)CO)C(C(=O)N(CC=C)Cc3ccccc3)C23CC(Br)[C@@H]1S3. The number of halogens is 1. The van der Waals surface area contributed by atoms with Crippen molar-refractivity contribution in [2.75, 3.05) is 26.7 Å². The van der Waals surface area contributed by atoms with E-state index in [2.05, 4.69) is 29.1 Å². The fraction of sp³-hybridized carbons (Fsp3) is 0.519. The Morgan fingerprint density at radius 1 is 1.25 bits per heavy atom. The van der Waals surface area contributed by atoms with E-state index >= 15 is 0 Å². The maximum atomic E-state index is 14.3. The molecule has 7 nitrogen and oxygen atoms in total. The van der Waals surface area contributed by atoms with E-state index in [0.29, 0.717) is 26.1 Å². The number of fused-ring (bicyclic) bond motifs is 1. The number of aliphatic hydroxyl groups is 1. The number of carbonyl (C=O) groups is 3. The lowest BCUT2D eigenvalue weighted by molar-refractivity contribution is -0.146. The number of hydrogen-bond donors (Lipinski definition) is 1. The van der Waals surface area contributed by atoms with Crippen LogP contribution < -0.4 is 0 Å². The van der Waals surface area contributed by atoms with Crippen LogP contribution in [0.2, 0.25) is 0 Å². The van der Waals surface area contributed by atoms with Crippen molar-refractivity contribution in [2.45, 2.75) is 46.8 Å². The number of benzene rings is 1. The molecule has 36 heavy (non-hydrogen) atoms. The smallest absolute Gasteiger partial charge is 0.247 e. The second kappa shape index (κ2) is 10.7. The summed E-state index contributed by atoms with van der Waals surface area (Å²) in [6.07, 6.45) is 3.96. The van der Waals surface area contributed by atoms with Gasteiger partial charge in [0.2, 0.25) is 17.7 Å². The number of likely N-dealkylation sites (N-methyl/N-ethyl adjacent to an activating group) is 1. The molecule has 0 radical (unpaired) electrons. The Morgan fingerprint density at radius 3 is 2.53 bits per heavy atom. The lowest BCUT2D eigenvalue weighted by Gasteiger charge is -2.39. The zero-order valence-electron chi connectivity index (χ0n) is 20.8. The van der Waals surface area contributed by atoms with Gasteiger partial charge in [0.25, 0.3) is 0 Å². The lowest BCUT2D eigenvalue weighted by atomic mass is 9.70. The molecular formula is C27H34BrN3O4S. The highest BCUT2D eigenvalue weighted by Crippen LogP contribution is 2.68. The third kappa shape index (κ3) is 4.33. The first-order valence-corrected chi connectivity index (χ1v) is 14.1. The third-order valence-electron chi connectivity index (χ3n) is 7.64. The highest BCUT2D eigenvalue weighted by Gasteiger charge is 2.76. The quantitative estimate of drug-likeness (QED) is 0.342. The zero-order valence-corrected chi connectivity index (χ0v) is 23.2. The molecule has 3 aliphatic heterocycles. The van der Waals surface area contributed by atoms with E-state index in [4.69, 9.17) is 0 Å². The van der Waals surface area contributed by atoms with Crippen molar-refractivity contribution in [1.82, 2.24) is 14.7 Å². The number of thioether (sulfide) groups is 1. The van der Waals surface area contributed by atoms with E-state index in [1.54, 1.807) is 52.6 Å². The van der Waals surface area contributed by atoms with Crippen LogP contribution in [0.25, 0.3) is 0 Å². The molecule has 7 atom stereocenters. The third-order valence-corrected chi connectivity index (χ3v) is 10.9. The van der Waals surface area contributed by atoms with Gasteiger partial charge in [-0.1, -0.05) is 58.4 Å². The summed E-state index contributed by atoms with van der Waals surface area (Å²) in [5.41, 5.74) is 0.980. The minimum atomic E-state index is -0.779. The van der Waals surface area contributed by atoms with Crippen LogP contribution in [0.5, 0.6) is 0 Å². The largest absolute Gasteiger partial charge is 0.394 e. The number of hydrogen-bond acceptors (Lipinski definition) is 5. The Kier molecular flexibility index (Phi) is 8.02. The van der Waals surface area contributed by atoms with Gasteiger partial charge in [-0.3, -0.25) is 14.4 Å². The Balaban J connectivity index is 1.76. The van der Waals surface area contributed by atoms with Crippen molar-refractivity contribution in [3.63, 3.8) is 0 Å². The minimum Gasteiger partial charge on any atom is -0.394 e. The van der Waals surface area contributed by atoms with Crippen LogP contribution in [-0.4, -0.2) is 91.2 Å². The maximum Gasteiger partial charge on any atom is 0.247 e. The molecule has 3 unspecified atom stereocenters. The molecule has 4 rings (SSSR count). The van der Waals surface area contributed by atoms with Gasteiger partial charge < -0.3 is 19.8 Å². The van der Waals surface area contributed by atoms with E-state index in [9.17, 15) is 19.5 Å². The molecule has 0 aliphatic carbocycles. The summed E-state index contributed by atoms with van der Waals surface area (Å²) in [6, 6.07) is 8.39. The molecule has 194 valence electrons. The van der Waals surface area contributed by atoms with Crippen molar-refractivity contribution in [2.24, 2.45) is 11.8 Å². The molecule has 9 heteroatoms. The van der Waals surface area contributed by atoms with Gasteiger partial charge >= 0.3 is 0 Å². The highest BCUT2D eigenvalue weighted by atomic mass is 79.9. The van der Waals surface area contributed by atoms with Crippen molar-refractivity contribution in [3.05, 3.63) is 61.2 Å². The fourth-order valence-electron chi connectivity index (χ4n) is 6.09. The lowest BCUT2D eigenvalue weighted by Crippen LogP contribution is -2.57. The number of amides is 3. The average molecular weight is 577 g/mol. The number of nitrogens with zero attached hydrogens (tertiary/aromatic N) is 3. The van der Waals surface area contributed by atoms with Crippen LogP contribution in [0.3, 0.4) is 0 Å². The first-order chi connectivity index (χ1) is 17.2. The summed E-state index contributed by atoms with van der Waals surface area (Å²) >= 11 is 5.39. The normalized spacial score (nSPS) is 31.2. The summed E-state index contributed by atoms with van der Waals surface area (Å²) in [6.45, 7) is 10.2. The van der Waals surface area contributed by atoms with E-state index < -0.39 is 28.7 Å². The molecule has 1 aromatic carbocycles. The summed E-state index contributed by atoms with van der Waals surface area (Å²) < 4.78 is -0.748. The van der Waals surface area contributed by atoms with Crippen LogP contribution >= 0.6 is 27.7 Å². The van der Waals surface area contributed by atoms with Crippen molar-refractivity contribution in [3.8, 4) is 0 Å². The van der Waals surface area contributed by atoms with Crippen LogP contribution in [0.1, 0.15) is 18.9 Å². The van der Waals surface area contributed by atoms with Crippen LogP contribution in [0, 0.1) is 11.8 Å². The zero-order chi connectivity index (χ0) is 26.2. The van der Waals surface area contributed by atoms with Crippen molar-refractivity contribution < 1.29 is 19.5 Å². The average Bonchev–Trinajstić information content (AvgIpc) is 3.46. The van der Waals surface area contributed by atoms with E-state index in [-0.39, 0.29) is 34.4 Å². The minimum absolute atomic E-state index is 0.000656. The van der Waals surface area contributed by atoms with E-state index in [0.717, 1.165) is 5.56 Å². The van der Waals surface area contributed by atoms with Gasteiger partial charge in [-0.25, -0.2) is 0 Å². The van der Waals surface area contributed by atoms with Crippen LogP contribution in [0.15, 0.2) is 55.6 Å². The standard InChI is InChI=1S/C27H34BrN3O4S/c1-5-12-29(4)24(33)20-21-25(34)31(17(3)16-32)23(27(21)14-19(28)22(20)36-27)26(35)30(13-6-2)15-18-10-8-7-9-11-18/h5-11,17,19-23,32H,1-2,12-16H2,3-4H3/t17-,19?,20+,21+,22+,23?,27?/m1/s1. The highest BCUT2D eigenvalue weighted by molar-refractivity contribution is 9.09. The molecule has 0 saturated carbocycles. The molecule has 3 heterocycles. The Labute approximate surface area is 225 Å². The van der Waals surface area contributed by atoms with Gasteiger partial charge in [0, 0.05) is 36.8 Å². The molecule has 0 aromatic heterocycles. The number of aliphatic hydroxyl groups excluding tert-OH is 1. The number of carbonyl (C=O) groups excluding carboxylic acids is 3. The van der Waals surface area contributed by atoms with Gasteiger partial charge in [-0.05, 0) is 18.9 Å². The predicted molar refractivity (Wildman–Crippen MR) is 145 cm³/mol. The Bertz CT molecular complexity index is 1040. The summed E-state index contributed by atoms with van der Waals surface area (Å²) in [7, 11) is 1.72. The van der Waals surface area contributed by atoms with Crippen molar-refractivity contribution in [1.29, 1.82) is 0 Å². The topological polar surface area (TPSA) is 81.2 Å². The van der Waals surface area contributed by atoms with E-state index in [1.165, 1.54) is 0 Å². The summed E-state index contributed by atoms with van der Waals surface area (Å²) in [5, 5.41) is 9.96. The van der Waals surface area contributed by atoms with Gasteiger partial charge in [-0.2, -0.15) is 0 Å². The summed E-state index contributed by atoms with van der Waals surface area (Å²) in [4.78, 5) is 46.8. The molecular weight excluding hydrogens is 542 g/mol. The first kappa shape index (κ1) is 26.9. The molecule has 1 spiro atoms. The predicted octanol–water partition coefficient (Wildman–Crippen LogP) is 2.69. The molecule has 3 amide bonds. The summed E-state index contributed by atoms with van der Waals surface area (Å²) in [5.74, 6) is -1.65. The van der Waals surface area contributed by atoms with Crippen LogP contribution in [-0.2, 0) is 20.9 Å². The Hall–Kier alpha value is -2.10. The van der Waals surface area contributed by atoms with E-state index in [1.807, 2.05) is 30.3 Å². The van der Waals surface area contributed by atoms with Gasteiger partial charge in [0.05, 0.1) is 29.2 Å². The number of likely N-dealkylation sites (tertiary alicyclic amines) is 1. The molecule has 3 saturated heterocycles. The van der Waals surface area contributed by atoms with Gasteiger partial charge in [0.1, 0.15) is 6.04 Å². The fourth-order valence-corrected chi connectivity index (χ4v) is 9.68. The van der Waals surface area contributed by atoms with Gasteiger partial charge in [-0.15, -0.1) is 24.9 Å². The molecule has 2 bridgehead atoms. The van der Waals surface area contributed by atoms with Crippen LogP contribution in [0.4, 0.5) is 0 Å². The second-order valence-electron chi connectivity index (χ2n) is 9.94. The van der Waals surface area contributed by atoms with Crippen molar-refractivity contribution >= 4 is 45.4 Å². The molecule has 1 N–H and O–H groups in total.